The summed E-state index contributed by atoms with van der Waals surface area (Å²) in [6, 6.07) is 0.932. The van der Waals surface area contributed by atoms with Crippen molar-refractivity contribution in [3.63, 3.8) is 0 Å². The molecule has 1 aromatic rings. The summed E-state index contributed by atoms with van der Waals surface area (Å²) in [6.07, 6.45) is 1.32. The lowest BCUT2D eigenvalue weighted by molar-refractivity contribution is -0.141. The lowest BCUT2D eigenvalue weighted by atomic mass is 10.6. The van der Waals surface area contributed by atoms with Gasteiger partial charge in [-0.25, -0.2) is 4.79 Å². The van der Waals surface area contributed by atoms with E-state index in [9.17, 15) is 9.59 Å². The second-order valence-electron chi connectivity index (χ2n) is 2.50. The van der Waals surface area contributed by atoms with Gasteiger partial charge < -0.3 is 14.6 Å². The van der Waals surface area contributed by atoms with Crippen LogP contribution >= 0.6 is 0 Å². The maximum absolute atomic E-state index is 11.1. The maximum atomic E-state index is 11.1. The van der Waals surface area contributed by atoms with Crippen molar-refractivity contribution >= 4 is 17.8 Å². The van der Waals surface area contributed by atoms with Gasteiger partial charge in [-0.3, -0.25) is 10.1 Å². The van der Waals surface area contributed by atoms with E-state index in [0.29, 0.717) is 0 Å². The van der Waals surface area contributed by atoms with Crippen molar-refractivity contribution < 1.29 is 18.8 Å². The number of anilines is 1. The highest BCUT2D eigenvalue weighted by Crippen LogP contribution is 1.99. The Morgan fingerprint density at radius 1 is 1.60 bits per heavy atom. The molecule has 2 amide bonds. The SMILES string of the molecule is CCOC(=O)CNC(=O)Nc1ccon1. The molecular weight excluding hydrogens is 202 g/mol. The number of rotatable bonds is 4. The summed E-state index contributed by atoms with van der Waals surface area (Å²) in [7, 11) is 0. The van der Waals surface area contributed by atoms with Gasteiger partial charge in [0.2, 0.25) is 0 Å². The topological polar surface area (TPSA) is 93.5 Å². The number of esters is 1. The molecule has 0 bridgehead atoms. The Balaban J connectivity index is 2.22. The summed E-state index contributed by atoms with van der Waals surface area (Å²) < 4.78 is 9.11. The van der Waals surface area contributed by atoms with E-state index in [1.807, 2.05) is 0 Å². The highest BCUT2D eigenvalue weighted by Gasteiger charge is 2.06. The number of carbonyl (C=O) groups excluding carboxylic acids is 2. The van der Waals surface area contributed by atoms with Crippen LogP contribution in [0, 0.1) is 0 Å². The smallest absolute Gasteiger partial charge is 0.325 e. The normalized spacial score (nSPS) is 9.40. The summed E-state index contributed by atoms with van der Waals surface area (Å²) in [5.41, 5.74) is 0. The van der Waals surface area contributed by atoms with Crippen LogP contribution in [0.15, 0.2) is 16.9 Å². The average molecular weight is 213 g/mol. The molecule has 82 valence electrons. The first kappa shape index (κ1) is 11.0. The molecule has 0 fully saturated rings. The van der Waals surface area contributed by atoms with Crippen molar-refractivity contribution in [3.05, 3.63) is 12.3 Å². The third-order valence-corrected chi connectivity index (χ3v) is 1.38. The number of urea groups is 1. The fraction of sp³-hybridized carbons (Fsp3) is 0.375. The van der Waals surface area contributed by atoms with Crippen molar-refractivity contribution in [3.8, 4) is 0 Å². The predicted octanol–water partition coefficient (Wildman–Crippen LogP) is 0.359. The second kappa shape index (κ2) is 5.63. The van der Waals surface area contributed by atoms with E-state index in [4.69, 9.17) is 0 Å². The van der Waals surface area contributed by atoms with Gasteiger partial charge in [-0.1, -0.05) is 5.16 Å². The van der Waals surface area contributed by atoms with Gasteiger partial charge in [-0.15, -0.1) is 0 Å². The third-order valence-electron chi connectivity index (χ3n) is 1.38. The van der Waals surface area contributed by atoms with Crippen molar-refractivity contribution in [1.82, 2.24) is 10.5 Å². The Morgan fingerprint density at radius 2 is 2.40 bits per heavy atom. The molecule has 0 atom stereocenters. The first-order valence-electron chi connectivity index (χ1n) is 4.33. The standard InChI is InChI=1S/C8H11N3O4/c1-2-14-7(12)5-9-8(13)10-6-3-4-15-11-6/h3-4H,2,5H2,1H3,(H2,9,10,11,13). The molecule has 7 heteroatoms. The van der Waals surface area contributed by atoms with Gasteiger partial charge in [0.25, 0.3) is 0 Å². The number of nitrogens with zero attached hydrogens (tertiary/aromatic N) is 1. The van der Waals surface area contributed by atoms with E-state index >= 15 is 0 Å². The molecule has 0 aliphatic heterocycles. The minimum atomic E-state index is -0.544. The molecule has 0 saturated heterocycles. The first-order chi connectivity index (χ1) is 7.22. The number of ether oxygens (including phenoxy) is 1. The van der Waals surface area contributed by atoms with E-state index in [1.165, 1.54) is 12.3 Å². The van der Waals surface area contributed by atoms with E-state index in [0.717, 1.165) is 0 Å². The number of aromatic nitrogens is 1. The fourth-order valence-electron chi connectivity index (χ4n) is 0.802. The molecule has 0 aliphatic rings. The van der Waals surface area contributed by atoms with Gasteiger partial charge in [-0.05, 0) is 6.92 Å². The zero-order valence-corrected chi connectivity index (χ0v) is 8.15. The fourth-order valence-corrected chi connectivity index (χ4v) is 0.802. The molecule has 0 aliphatic carbocycles. The molecule has 0 unspecified atom stereocenters. The van der Waals surface area contributed by atoms with Gasteiger partial charge in [0.15, 0.2) is 5.82 Å². The van der Waals surface area contributed by atoms with Crippen LogP contribution in [0.3, 0.4) is 0 Å². The van der Waals surface area contributed by atoms with E-state index in [2.05, 4.69) is 25.1 Å². The predicted molar refractivity (Wildman–Crippen MR) is 50.2 cm³/mol. The van der Waals surface area contributed by atoms with Crippen molar-refractivity contribution in [1.29, 1.82) is 0 Å². The van der Waals surface area contributed by atoms with Crippen LogP contribution in [-0.4, -0.2) is 30.3 Å². The number of carbonyl (C=O) groups is 2. The van der Waals surface area contributed by atoms with Crippen LogP contribution in [-0.2, 0) is 9.53 Å². The number of hydrogen-bond acceptors (Lipinski definition) is 5. The Kier molecular flexibility index (Phi) is 4.14. The van der Waals surface area contributed by atoms with Gasteiger partial charge in [0, 0.05) is 6.07 Å². The molecule has 7 nitrogen and oxygen atoms in total. The molecule has 1 aromatic heterocycles. The molecule has 1 heterocycles. The quantitative estimate of drug-likeness (QED) is 0.704. The maximum Gasteiger partial charge on any atom is 0.325 e. The lowest BCUT2D eigenvalue weighted by Gasteiger charge is -2.04. The Bertz CT molecular complexity index is 323. The largest absolute Gasteiger partial charge is 0.465 e. The van der Waals surface area contributed by atoms with Crippen LogP contribution in [0.4, 0.5) is 10.6 Å². The Morgan fingerprint density at radius 3 is 3.00 bits per heavy atom. The first-order valence-corrected chi connectivity index (χ1v) is 4.33. The van der Waals surface area contributed by atoms with Crippen molar-refractivity contribution in [2.45, 2.75) is 6.92 Å². The van der Waals surface area contributed by atoms with Crippen molar-refractivity contribution in [2.75, 3.05) is 18.5 Å². The summed E-state index contributed by atoms with van der Waals surface area (Å²) in [4.78, 5) is 22.0. The molecule has 0 spiro atoms. The molecule has 15 heavy (non-hydrogen) atoms. The van der Waals surface area contributed by atoms with E-state index in [1.54, 1.807) is 6.92 Å². The van der Waals surface area contributed by atoms with Gasteiger partial charge in [-0.2, -0.15) is 0 Å². The number of amides is 2. The van der Waals surface area contributed by atoms with Crippen molar-refractivity contribution in [2.24, 2.45) is 0 Å². The highest BCUT2D eigenvalue weighted by molar-refractivity contribution is 5.90. The zero-order chi connectivity index (χ0) is 11.1. The summed E-state index contributed by atoms with van der Waals surface area (Å²) in [6.45, 7) is 1.79. The molecule has 2 N–H and O–H groups in total. The van der Waals surface area contributed by atoms with Crippen LogP contribution in [0.25, 0.3) is 0 Å². The summed E-state index contributed by atoms with van der Waals surface area (Å²) in [5, 5.41) is 8.11. The van der Waals surface area contributed by atoms with Gasteiger partial charge >= 0.3 is 12.0 Å². The van der Waals surface area contributed by atoms with E-state index in [-0.39, 0.29) is 19.0 Å². The number of nitrogens with one attached hydrogen (secondary N) is 2. The lowest BCUT2D eigenvalue weighted by Crippen LogP contribution is -2.34. The van der Waals surface area contributed by atoms with E-state index < -0.39 is 12.0 Å². The van der Waals surface area contributed by atoms with Crippen LogP contribution in [0.1, 0.15) is 6.92 Å². The minimum Gasteiger partial charge on any atom is -0.465 e. The molecule has 0 aromatic carbocycles. The summed E-state index contributed by atoms with van der Waals surface area (Å²) >= 11 is 0. The Hall–Kier alpha value is -2.05. The van der Waals surface area contributed by atoms with Gasteiger partial charge in [0.05, 0.1) is 6.61 Å². The average Bonchev–Trinajstić information content (AvgIpc) is 2.68. The molecular formula is C8H11N3O4. The van der Waals surface area contributed by atoms with Crippen LogP contribution in [0.2, 0.25) is 0 Å². The monoisotopic (exact) mass is 213 g/mol. The molecule has 1 rings (SSSR count). The van der Waals surface area contributed by atoms with Gasteiger partial charge in [0.1, 0.15) is 12.8 Å². The molecule has 0 radical (unpaired) electrons. The number of hydrogen-bond donors (Lipinski definition) is 2. The highest BCUT2D eigenvalue weighted by atomic mass is 16.5. The van der Waals surface area contributed by atoms with Crippen LogP contribution < -0.4 is 10.6 Å². The minimum absolute atomic E-state index is 0.183. The molecule has 0 saturated carbocycles. The zero-order valence-electron chi connectivity index (χ0n) is 8.15. The second-order valence-corrected chi connectivity index (χ2v) is 2.50. The third kappa shape index (κ3) is 4.12. The van der Waals surface area contributed by atoms with Crippen LogP contribution in [0.5, 0.6) is 0 Å². The summed E-state index contributed by atoms with van der Waals surface area (Å²) in [5.74, 6) is -0.218. The Labute approximate surface area is 85.8 Å².